The zero-order chi connectivity index (χ0) is 20.7. The maximum atomic E-state index is 12.3. The van der Waals surface area contributed by atoms with Crippen molar-refractivity contribution in [3.63, 3.8) is 0 Å². The van der Waals surface area contributed by atoms with E-state index in [1.807, 2.05) is 38.1 Å². The maximum Gasteiger partial charge on any atom is 0.238 e. The molecule has 0 aliphatic rings. The van der Waals surface area contributed by atoms with Gasteiger partial charge in [-0.3, -0.25) is 14.5 Å². The molecule has 0 heterocycles. The maximum absolute atomic E-state index is 12.3. The predicted molar refractivity (Wildman–Crippen MR) is 115 cm³/mol. The third-order valence-electron chi connectivity index (χ3n) is 4.31. The van der Waals surface area contributed by atoms with E-state index in [0.717, 1.165) is 23.2 Å². The van der Waals surface area contributed by atoms with Crippen molar-refractivity contribution in [1.29, 1.82) is 0 Å². The number of carbonyl (C=O) groups is 2. The first kappa shape index (κ1) is 22.2. The molecule has 2 N–H and O–H groups in total. The van der Waals surface area contributed by atoms with Crippen LogP contribution >= 0.6 is 23.2 Å². The molecule has 0 saturated carbocycles. The fraction of sp³-hybridized carbons (Fsp3) is 0.333. The van der Waals surface area contributed by atoms with E-state index in [4.69, 9.17) is 23.2 Å². The largest absolute Gasteiger partial charge is 0.348 e. The Bertz CT molecular complexity index is 842. The van der Waals surface area contributed by atoms with Crippen LogP contribution in [0.2, 0.25) is 10.0 Å². The van der Waals surface area contributed by atoms with E-state index in [-0.39, 0.29) is 30.9 Å². The number of rotatable bonds is 8. The number of amides is 2. The van der Waals surface area contributed by atoms with E-state index in [0.29, 0.717) is 10.0 Å². The van der Waals surface area contributed by atoms with Gasteiger partial charge >= 0.3 is 0 Å². The lowest BCUT2D eigenvalue weighted by Gasteiger charge is -2.20. The van der Waals surface area contributed by atoms with Crippen LogP contribution in [0.5, 0.6) is 0 Å². The fourth-order valence-corrected chi connectivity index (χ4v) is 3.48. The first-order chi connectivity index (χ1) is 13.3. The molecule has 28 heavy (non-hydrogen) atoms. The Kier molecular flexibility index (Phi) is 8.30. The molecule has 2 aromatic rings. The third kappa shape index (κ3) is 6.51. The molecule has 0 fully saturated rings. The van der Waals surface area contributed by atoms with Crippen LogP contribution in [0.3, 0.4) is 0 Å². The zero-order valence-electron chi connectivity index (χ0n) is 16.3. The standard InChI is InChI=1S/C21H25Cl2N3O2/c1-4-15-7-5-6-8-19(15)25-21(28)13-26(3)12-20(27)24-14(2)17-10-9-16(22)11-18(17)23/h5-11,14H,4,12-13H2,1-3H3,(H,24,27)(H,25,28). The molecule has 0 radical (unpaired) electrons. The highest BCUT2D eigenvalue weighted by Gasteiger charge is 2.16. The van der Waals surface area contributed by atoms with E-state index in [1.165, 1.54) is 0 Å². The summed E-state index contributed by atoms with van der Waals surface area (Å²) in [6, 6.07) is 12.6. The van der Waals surface area contributed by atoms with Crippen LogP contribution in [0.25, 0.3) is 0 Å². The van der Waals surface area contributed by atoms with Gasteiger partial charge in [-0.05, 0) is 49.7 Å². The van der Waals surface area contributed by atoms with Gasteiger partial charge in [0.05, 0.1) is 19.1 Å². The molecule has 2 aromatic carbocycles. The van der Waals surface area contributed by atoms with Crippen LogP contribution in [0.4, 0.5) is 5.69 Å². The summed E-state index contributed by atoms with van der Waals surface area (Å²) in [6.07, 6.45) is 0.833. The van der Waals surface area contributed by atoms with E-state index in [2.05, 4.69) is 10.6 Å². The van der Waals surface area contributed by atoms with Gasteiger partial charge in [0, 0.05) is 15.7 Å². The van der Waals surface area contributed by atoms with Crippen molar-refractivity contribution in [2.75, 3.05) is 25.5 Å². The number of anilines is 1. The number of aryl methyl sites for hydroxylation is 1. The Labute approximate surface area is 176 Å². The summed E-state index contributed by atoms with van der Waals surface area (Å²) in [5.41, 5.74) is 2.67. The van der Waals surface area contributed by atoms with E-state index in [9.17, 15) is 9.59 Å². The van der Waals surface area contributed by atoms with Crippen LogP contribution in [-0.4, -0.2) is 36.9 Å². The van der Waals surface area contributed by atoms with Crippen LogP contribution in [-0.2, 0) is 16.0 Å². The summed E-state index contributed by atoms with van der Waals surface area (Å²) in [6.45, 7) is 4.09. The third-order valence-corrected chi connectivity index (χ3v) is 4.87. The monoisotopic (exact) mass is 421 g/mol. The Balaban J connectivity index is 1.85. The number of halogens is 2. The van der Waals surface area contributed by atoms with Gasteiger partial charge in [0.1, 0.15) is 0 Å². The van der Waals surface area contributed by atoms with Crippen molar-refractivity contribution in [3.8, 4) is 0 Å². The van der Waals surface area contributed by atoms with Gasteiger partial charge in [-0.1, -0.05) is 54.4 Å². The van der Waals surface area contributed by atoms with Crippen molar-refractivity contribution in [2.24, 2.45) is 0 Å². The Morgan fingerprint density at radius 3 is 2.43 bits per heavy atom. The summed E-state index contributed by atoms with van der Waals surface area (Å²) in [4.78, 5) is 26.2. The lowest BCUT2D eigenvalue weighted by Crippen LogP contribution is -2.39. The highest BCUT2D eigenvalue weighted by Crippen LogP contribution is 2.26. The topological polar surface area (TPSA) is 61.4 Å². The number of hydrogen-bond acceptors (Lipinski definition) is 3. The number of para-hydroxylation sites is 1. The minimum Gasteiger partial charge on any atom is -0.348 e. The van der Waals surface area contributed by atoms with Crippen molar-refractivity contribution in [1.82, 2.24) is 10.2 Å². The number of nitrogens with one attached hydrogen (secondary N) is 2. The van der Waals surface area contributed by atoms with Crippen LogP contribution in [0.1, 0.15) is 31.0 Å². The molecule has 0 saturated heterocycles. The second kappa shape index (κ2) is 10.5. The summed E-state index contributed by atoms with van der Waals surface area (Å²) in [5, 5.41) is 6.84. The Hall–Kier alpha value is -2.08. The summed E-state index contributed by atoms with van der Waals surface area (Å²) < 4.78 is 0. The van der Waals surface area contributed by atoms with Crippen LogP contribution in [0, 0.1) is 0 Å². The number of carbonyl (C=O) groups excluding carboxylic acids is 2. The molecule has 150 valence electrons. The average Bonchev–Trinajstić information content (AvgIpc) is 2.61. The Morgan fingerprint density at radius 1 is 1.07 bits per heavy atom. The normalized spacial score (nSPS) is 11.9. The van der Waals surface area contributed by atoms with Crippen molar-refractivity contribution in [3.05, 3.63) is 63.6 Å². The smallest absolute Gasteiger partial charge is 0.238 e. The van der Waals surface area contributed by atoms with Gasteiger partial charge in [0.15, 0.2) is 0 Å². The van der Waals surface area contributed by atoms with Gasteiger partial charge < -0.3 is 10.6 Å². The minimum absolute atomic E-state index is 0.0956. The molecule has 2 rings (SSSR count). The number of likely N-dealkylation sites (N-methyl/N-ethyl adjacent to an activating group) is 1. The SMILES string of the molecule is CCc1ccccc1NC(=O)CN(C)CC(=O)NC(C)c1ccc(Cl)cc1Cl. The summed E-state index contributed by atoms with van der Waals surface area (Å²) in [5.74, 6) is -0.354. The molecule has 1 atom stereocenters. The highest BCUT2D eigenvalue weighted by atomic mass is 35.5. The molecule has 0 bridgehead atoms. The van der Waals surface area contributed by atoms with Gasteiger partial charge in [0.25, 0.3) is 0 Å². The number of benzene rings is 2. The molecule has 0 aliphatic heterocycles. The molecular formula is C21H25Cl2N3O2. The van der Waals surface area contributed by atoms with Crippen LogP contribution in [0.15, 0.2) is 42.5 Å². The molecule has 5 nitrogen and oxygen atoms in total. The fourth-order valence-electron chi connectivity index (χ4n) is 2.90. The summed E-state index contributed by atoms with van der Waals surface area (Å²) in [7, 11) is 1.73. The van der Waals surface area contributed by atoms with Crippen molar-refractivity contribution < 1.29 is 9.59 Å². The molecule has 0 aromatic heterocycles. The Morgan fingerprint density at radius 2 is 1.75 bits per heavy atom. The molecular weight excluding hydrogens is 397 g/mol. The highest BCUT2D eigenvalue weighted by molar-refractivity contribution is 6.35. The predicted octanol–water partition coefficient (Wildman–Crippen LogP) is 4.30. The summed E-state index contributed by atoms with van der Waals surface area (Å²) >= 11 is 12.1. The second-order valence-electron chi connectivity index (χ2n) is 6.69. The molecule has 0 aliphatic carbocycles. The van der Waals surface area contributed by atoms with Gasteiger partial charge in [-0.15, -0.1) is 0 Å². The molecule has 0 spiro atoms. The molecule has 7 heteroatoms. The van der Waals surface area contributed by atoms with Crippen molar-refractivity contribution >= 4 is 40.7 Å². The van der Waals surface area contributed by atoms with E-state index >= 15 is 0 Å². The van der Waals surface area contributed by atoms with Crippen LogP contribution < -0.4 is 10.6 Å². The van der Waals surface area contributed by atoms with Gasteiger partial charge in [0.2, 0.25) is 11.8 Å². The quantitative estimate of drug-likeness (QED) is 0.667. The average molecular weight is 422 g/mol. The number of nitrogens with zero attached hydrogens (tertiary/aromatic N) is 1. The first-order valence-electron chi connectivity index (χ1n) is 9.10. The van der Waals surface area contributed by atoms with Gasteiger partial charge in [-0.25, -0.2) is 0 Å². The molecule has 1 unspecified atom stereocenters. The molecule has 2 amide bonds. The van der Waals surface area contributed by atoms with Gasteiger partial charge in [-0.2, -0.15) is 0 Å². The number of hydrogen-bond donors (Lipinski definition) is 2. The second-order valence-corrected chi connectivity index (χ2v) is 7.53. The lowest BCUT2D eigenvalue weighted by molar-refractivity contribution is -0.123. The van der Waals surface area contributed by atoms with E-state index in [1.54, 1.807) is 30.1 Å². The zero-order valence-corrected chi connectivity index (χ0v) is 17.8. The first-order valence-corrected chi connectivity index (χ1v) is 9.86. The minimum atomic E-state index is -0.268. The van der Waals surface area contributed by atoms with Crippen molar-refractivity contribution in [2.45, 2.75) is 26.3 Å². The van der Waals surface area contributed by atoms with E-state index < -0.39 is 0 Å². The lowest BCUT2D eigenvalue weighted by atomic mass is 10.1.